The molecule has 0 atom stereocenters. The van der Waals surface area contributed by atoms with Crippen molar-refractivity contribution >= 4 is 11.5 Å². The maximum absolute atomic E-state index is 8.93. The fourth-order valence-corrected chi connectivity index (χ4v) is 4.43. The molecule has 1 saturated heterocycles. The first-order valence-corrected chi connectivity index (χ1v) is 11.5. The largest absolute Gasteiger partial charge is 0.339 e. The van der Waals surface area contributed by atoms with Crippen LogP contribution in [0.25, 0.3) is 5.82 Å². The van der Waals surface area contributed by atoms with Gasteiger partial charge < -0.3 is 9.88 Å². The quantitative estimate of drug-likeness (QED) is 0.466. The van der Waals surface area contributed by atoms with Crippen molar-refractivity contribution < 1.29 is 0 Å². The van der Waals surface area contributed by atoms with E-state index in [0.717, 1.165) is 61.3 Å². The van der Waals surface area contributed by atoms with Gasteiger partial charge in [-0.15, -0.1) is 0 Å². The van der Waals surface area contributed by atoms with E-state index < -0.39 is 0 Å². The molecule has 0 saturated carbocycles. The molecule has 8 nitrogen and oxygen atoms in total. The minimum atomic E-state index is 0.393. The van der Waals surface area contributed by atoms with E-state index in [4.69, 9.17) is 10.2 Å². The molecule has 8 heteroatoms. The number of aryl methyl sites for hydroxylation is 1. The predicted octanol–water partition coefficient (Wildman–Crippen LogP) is 4.36. The van der Waals surface area contributed by atoms with Crippen LogP contribution in [0.5, 0.6) is 0 Å². The number of nitriles is 1. The van der Waals surface area contributed by atoms with Crippen molar-refractivity contribution in [1.82, 2.24) is 29.4 Å². The normalized spacial score (nSPS) is 14.6. The summed E-state index contributed by atoms with van der Waals surface area (Å²) in [6, 6.07) is 17.8. The van der Waals surface area contributed by atoms with Gasteiger partial charge in [-0.25, -0.2) is 19.9 Å². The maximum atomic E-state index is 8.93. The molecule has 5 heterocycles. The summed E-state index contributed by atoms with van der Waals surface area (Å²) in [4.78, 5) is 20.4. The second-order valence-corrected chi connectivity index (χ2v) is 8.50. The first-order valence-electron chi connectivity index (χ1n) is 11.5. The molecule has 1 N–H and O–H groups in total. The molecular weight excluding hydrogens is 424 g/mol. The third-order valence-electron chi connectivity index (χ3n) is 6.13. The Balaban J connectivity index is 1.23. The smallest absolute Gasteiger partial charge is 0.140 e. The van der Waals surface area contributed by atoms with Gasteiger partial charge in [0.05, 0.1) is 11.9 Å². The maximum Gasteiger partial charge on any atom is 0.140 e. The monoisotopic (exact) mass is 450 g/mol. The number of nitrogens with one attached hydrogen (secondary N) is 1. The van der Waals surface area contributed by atoms with E-state index in [2.05, 4.69) is 48.1 Å². The highest BCUT2D eigenvalue weighted by Crippen LogP contribution is 2.29. The van der Waals surface area contributed by atoms with Crippen molar-refractivity contribution in [2.24, 2.45) is 0 Å². The van der Waals surface area contributed by atoms with Crippen LogP contribution >= 0.6 is 0 Å². The van der Waals surface area contributed by atoms with E-state index in [1.165, 1.54) is 5.69 Å². The standard InChI is InChI=1S/C26H26N8/c1-19-30-24(15-25(31-19)32-22-8-7-21(16-27)29-17-22)20-9-13-33(14-10-20)18-23-5-4-12-34(23)26-6-2-3-11-28-26/h2-8,11-12,15,17,20H,9-10,13-14,18H2,1H3,(H,30,31,32). The van der Waals surface area contributed by atoms with Gasteiger partial charge in [0.15, 0.2) is 0 Å². The van der Waals surface area contributed by atoms with Crippen LogP contribution in [0.2, 0.25) is 0 Å². The molecule has 0 amide bonds. The average Bonchev–Trinajstić information content (AvgIpc) is 3.33. The summed E-state index contributed by atoms with van der Waals surface area (Å²) in [5.41, 5.74) is 3.52. The van der Waals surface area contributed by atoms with Gasteiger partial charge >= 0.3 is 0 Å². The SMILES string of the molecule is Cc1nc(Nc2ccc(C#N)nc2)cc(C2CCN(Cc3cccn3-c3ccccn3)CC2)n1. The molecule has 0 radical (unpaired) electrons. The number of piperidine rings is 1. The molecular formula is C26H26N8. The molecule has 0 bridgehead atoms. The van der Waals surface area contributed by atoms with E-state index in [1.807, 2.05) is 49.5 Å². The first-order chi connectivity index (χ1) is 16.7. The zero-order chi connectivity index (χ0) is 23.3. The second-order valence-electron chi connectivity index (χ2n) is 8.50. The number of hydrogen-bond donors (Lipinski definition) is 1. The Bertz CT molecular complexity index is 1280. The van der Waals surface area contributed by atoms with Gasteiger partial charge in [-0.3, -0.25) is 4.90 Å². The van der Waals surface area contributed by atoms with E-state index in [1.54, 1.807) is 12.3 Å². The van der Waals surface area contributed by atoms with Gasteiger partial charge in [-0.05, 0) is 69.3 Å². The molecule has 4 aromatic heterocycles. The van der Waals surface area contributed by atoms with Crippen LogP contribution in [0, 0.1) is 18.3 Å². The van der Waals surface area contributed by atoms with Crippen LogP contribution in [0.4, 0.5) is 11.5 Å². The molecule has 1 aliphatic heterocycles. The molecule has 170 valence electrons. The summed E-state index contributed by atoms with van der Waals surface area (Å²) in [5.74, 6) is 2.85. The van der Waals surface area contributed by atoms with E-state index in [-0.39, 0.29) is 0 Å². The van der Waals surface area contributed by atoms with Gasteiger partial charge in [0, 0.05) is 42.3 Å². The summed E-state index contributed by atoms with van der Waals surface area (Å²) in [7, 11) is 0. The topological polar surface area (TPSA) is 95.6 Å². The predicted molar refractivity (Wildman–Crippen MR) is 130 cm³/mol. The molecule has 4 aromatic rings. The van der Waals surface area contributed by atoms with Crippen LogP contribution < -0.4 is 5.32 Å². The van der Waals surface area contributed by atoms with Crippen molar-refractivity contribution in [3.8, 4) is 11.9 Å². The van der Waals surface area contributed by atoms with Gasteiger partial charge in [0.25, 0.3) is 0 Å². The van der Waals surface area contributed by atoms with Gasteiger partial charge in [-0.2, -0.15) is 5.26 Å². The Morgan fingerprint density at radius 2 is 1.94 bits per heavy atom. The Morgan fingerprint density at radius 1 is 1.06 bits per heavy atom. The minimum Gasteiger partial charge on any atom is -0.339 e. The lowest BCUT2D eigenvalue weighted by atomic mass is 9.93. The molecule has 0 unspecified atom stereocenters. The molecule has 1 aliphatic rings. The zero-order valence-electron chi connectivity index (χ0n) is 19.1. The van der Waals surface area contributed by atoms with Crippen molar-refractivity contribution in [3.63, 3.8) is 0 Å². The Labute approximate surface area is 199 Å². The lowest BCUT2D eigenvalue weighted by molar-refractivity contribution is 0.200. The average molecular weight is 451 g/mol. The minimum absolute atomic E-state index is 0.393. The third-order valence-corrected chi connectivity index (χ3v) is 6.13. The van der Waals surface area contributed by atoms with Crippen molar-refractivity contribution in [2.75, 3.05) is 18.4 Å². The molecule has 1 fully saturated rings. The van der Waals surface area contributed by atoms with Crippen LogP contribution in [-0.2, 0) is 6.54 Å². The molecule has 0 aliphatic carbocycles. The summed E-state index contributed by atoms with van der Waals surface area (Å²) in [5, 5.41) is 12.2. The lowest BCUT2D eigenvalue weighted by Crippen LogP contribution is -2.33. The third kappa shape index (κ3) is 4.95. The highest BCUT2D eigenvalue weighted by molar-refractivity contribution is 5.55. The fraction of sp³-hybridized carbons (Fsp3) is 0.269. The van der Waals surface area contributed by atoms with Gasteiger partial charge in [0.1, 0.15) is 29.2 Å². The lowest BCUT2D eigenvalue weighted by Gasteiger charge is -2.32. The van der Waals surface area contributed by atoms with Gasteiger partial charge in [-0.1, -0.05) is 6.07 Å². The number of pyridine rings is 2. The molecule has 5 rings (SSSR count). The van der Waals surface area contributed by atoms with Crippen molar-refractivity contribution in [2.45, 2.75) is 32.2 Å². The van der Waals surface area contributed by atoms with E-state index in [9.17, 15) is 0 Å². The number of hydrogen-bond acceptors (Lipinski definition) is 7. The van der Waals surface area contributed by atoms with Crippen LogP contribution in [0.15, 0.2) is 67.1 Å². The Kier molecular flexibility index (Phi) is 6.27. The van der Waals surface area contributed by atoms with E-state index in [0.29, 0.717) is 11.6 Å². The zero-order valence-corrected chi connectivity index (χ0v) is 19.1. The molecule has 0 aromatic carbocycles. The number of aromatic nitrogens is 5. The number of rotatable bonds is 6. The van der Waals surface area contributed by atoms with Gasteiger partial charge in [0.2, 0.25) is 0 Å². The molecule has 34 heavy (non-hydrogen) atoms. The van der Waals surface area contributed by atoms with Crippen LogP contribution in [0.3, 0.4) is 0 Å². The Hall–Kier alpha value is -4.09. The summed E-state index contributed by atoms with van der Waals surface area (Å²) in [6.07, 6.45) is 7.66. The van der Waals surface area contributed by atoms with E-state index >= 15 is 0 Å². The highest BCUT2D eigenvalue weighted by atomic mass is 15.2. The van der Waals surface area contributed by atoms with Crippen molar-refractivity contribution in [1.29, 1.82) is 5.26 Å². The van der Waals surface area contributed by atoms with Crippen LogP contribution in [0.1, 0.15) is 41.7 Å². The summed E-state index contributed by atoms with van der Waals surface area (Å²) < 4.78 is 2.16. The van der Waals surface area contributed by atoms with Crippen molar-refractivity contribution in [3.05, 3.63) is 90.0 Å². The fourth-order valence-electron chi connectivity index (χ4n) is 4.43. The summed E-state index contributed by atoms with van der Waals surface area (Å²) >= 11 is 0. The Morgan fingerprint density at radius 3 is 2.68 bits per heavy atom. The van der Waals surface area contributed by atoms with Crippen LogP contribution in [-0.4, -0.2) is 42.5 Å². The highest BCUT2D eigenvalue weighted by Gasteiger charge is 2.23. The second kappa shape index (κ2) is 9.81. The molecule has 0 spiro atoms. The first kappa shape index (κ1) is 21.7. The number of anilines is 2. The number of nitrogens with zero attached hydrogens (tertiary/aromatic N) is 7. The number of likely N-dealkylation sites (tertiary alicyclic amines) is 1. The summed E-state index contributed by atoms with van der Waals surface area (Å²) in [6.45, 7) is 4.86.